The number of ether oxygens (including phenoxy) is 1. The zero-order chi connectivity index (χ0) is 25.8. The van der Waals surface area contributed by atoms with Crippen molar-refractivity contribution in [1.82, 2.24) is 0 Å². The molecular weight excluding hydrogens is 444 g/mol. The molecule has 1 atom stereocenters. The van der Waals surface area contributed by atoms with Crippen LogP contribution in [0.1, 0.15) is 123 Å². The van der Waals surface area contributed by atoms with E-state index in [4.69, 9.17) is 4.74 Å². The van der Waals surface area contributed by atoms with Crippen molar-refractivity contribution in [3.05, 3.63) is 24.3 Å². The summed E-state index contributed by atoms with van der Waals surface area (Å²) < 4.78 is 5.44. The van der Waals surface area contributed by atoms with E-state index >= 15 is 0 Å². The van der Waals surface area contributed by atoms with Gasteiger partial charge in [0, 0.05) is 12.2 Å². The first-order valence-electron chi connectivity index (χ1n) is 15.6. The zero-order valence-corrected chi connectivity index (χ0v) is 23.6. The molecule has 0 spiro atoms. The molecular formula is C33H56O3. The quantitative estimate of drug-likeness (QED) is 0.119. The van der Waals surface area contributed by atoms with Crippen LogP contribution in [0, 0.1) is 41.4 Å². The molecule has 36 heavy (non-hydrogen) atoms. The van der Waals surface area contributed by atoms with E-state index in [-0.39, 0.29) is 18.5 Å². The van der Waals surface area contributed by atoms with Gasteiger partial charge in [-0.05, 0) is 119 Å². The first-order chi connectivity index (χ1) is 17.5. The molecule has 0 aromatic carbocycles. The van der Waals surface area contributed by atoms with Gasteiger partial charge in [0.2, 0.25) is 0 Å². The van der Waals surface area contributed by atoms with Gasteiger partial charge in [0.1, 0.15) is 0 Å². The van der Waals surface area contributed by atoms with Crippen molar-refractivity contribution in [2.24, 2.45) is 41.4 Å². The van der Waals surface area contributed by atoms with Crippen LogP contribution in [0.2, 0.25) is 0 Å². The molecule has 3 rings (SSSR count). The summed E-state index contributed by atoms with van der Waals surface area (Å²) >= 11 is 0. The Bertz CT molecular complexity index is 658. The predicted molar refractivity (Wildman–Crippen MR) is 151 cm³/mol. The minimum atomic E-state index is -0.306. The predicted octanol–water partition coefficient (Wildman–Crippen LogP) is 8.66. The monoisotopic (exact) mass is 500 g/mol. The Hall–Kier alpha value is -1.09. The lowest BCUT2D eigenvalue weighted by Crippen LogP contribution is -2.27. The van der Waals surface area contributed by atoms with Crippen LogP contribution in [0.15, 0.2) is 24.3 Å². The lowest BCUT2D eigenvalue weighted by molar-refractivity contribution is -0.141. The van der Waals surface area contributed by atoms with Crippen LogP contribution in [0.5, 0.6) is 0 Å². The summed E-state index contributed by atoms with van der Waals surface area (Å²) in [6.45, 7) is 8.26. The first-order valence-corrected chi connectivity index (χ1v) is 15.6. The van der Waals surface area contributed by atoms with Crippen molar-refractivity contribution in [2.75, 3.05) is 13.2 Å². The molecule has 3 aliphatic rings. The lowest BCUT2D eigenvalue weighted by atomic mass is 9.68. The van der Waals surface area contributed by atoms with Crippen LogP contribution in [0.4, 0.5) is 0 Å². The molecule has 0 radical (unpaired) electrons. The molecule has 1 N–H and O–H groups in total. The number of unbranched alkanes of at least 4 members (excludes halogenated alkanes) is 2. The number of carbonyl (C=O) groups is 1. The highest BCUT2D eigenvalue weighted by Crippen LogP contribution is 2.43. The normalized spacial score (nSPS) is 32.3. The van der Waals surface area contributed by atoms with Crippen molar-refractivity contribution in [3.63, 3.8) is 0 Å². The minimum absolute atomic E-state index is 0.165. The van der Waals surface area contributed by atoms with E-state index in [0.29, 0.717) is 24.0 Å². The third-order valence-electron chi connectivity index (χ3n) is 10.0. The summed E-state index contributed by atoms with van der Waals surface area (Å²) in [6, 6.07) is 0. The van der Waals surface area contributed by atoms with Crippen LogP contribution < -0.4 is 0 Å². The molecule has 0 aliphatic heterocycles. The van der Waals surface area contributed by atoms with Gasteiger partial charge in [-0.25, -0.2) is 4.79 Å². The number of allylic oxidation sites excluding steroid dienone is 2. The largest absolute Gasteiger partial charge is 0.462 e. The van der Waals surface area contributed by atoms with Crippen LogP contribution in [0.25, 0.3) is 0 Å². The Labute approximate surface area is 222 Å². The fourth-order valence-electron chi connectivity index (χ4n) is 7.49. The fraction of sp³-hybridized carbons (Fsp3) is 0.848. The van der Waals surface area contributed by atoms with Crippen LogP contribution in [-0.2, 0) is 9.53 Å². The molecule has 3 nitrogen and oxygen atoms in total. The summed E-state index contributed by atoms with van der Waals surface area (Å²) in [4.78, 5) is 11.8. The Balaban J connectivity index is 1.32. The van der Waals surface area contributed by atoms with Gasteiger partial charge in [-0.3, -0.25) is 0 Å². The van der Waals surface area contributed by atoms with E-state index in [1.54, 1.807) is 6.92 Å². The second kappa shape index (κ2) is 16.0. The molecule has 3 aliphatic carbocycles. The number of hydrogen-bond acceptors (Lipinski definition) is 3. The maximum Gasteiger partial charge on any atom is 0.333 e. The van der Waals surface area contributed by atoms with Crippen molar-refractivity contribution in [2.45, 2.75) is 123 Å². The molecule has 0 bridgehead atoms. The zero-order valence-electron chi connectivity index (χ0n) is 23.6. The Morgan fingerprint density at radius 3 is 1.97 bits per heavy atom. The first kappa shape index (κ1) is 29.5. The number of hydrogen-bond donors (Lipinski definition) is 1. The van der Waals surface area contributed by atoms with E-state index in [0.717, 1.165) is 30.1 Å². The van der Waals surface area contributed by atoms with Crippen molar-refractivity contribution >= 4 is 5.97 Å². The highest BCUT2D eigenvalue weighted by atomic mass is 16.5. The number of aliphatic hydroxyl groups excluding tert-OH is 1. The number of esters is 1. The second-order valence-corrected chi connectivity index (χ2v) is 12.7. The highest BCUT2D eigenvalue weighted by molar-refractivity contribution is 5.86. The van der Waals surface area contributed by atoms with Crippen LogP contribution in [0.3, 0.4) is 0 Å². The molecule has 3 heteroatoms. The Kier molecular flexibility index (Phi) is 13.1. The maximum atomic E-state index is 11.8. The van der Waals surface area contributed by atoms with Gasteiger partial charge in [-0.15, -0.1) is 0 Å². The third-order valence-corrected chi connectivity index (χ3v) is 10.0. The summed E-state index contributed by atoms with van der Waals surface area (Å²) in [5, 5.41) is 9.51. The molecule has 0 aromatic rings. The van der Waals surface area contributed by atoms with E-state index in [1.165, 1.54) is 103 Å². The molecule has 206 valence electrons. The summed E-state index contributed by atoms with van der Waals surface area (Å²) in [6.07, 6.45) is 28.1. The van der Waals surface area contributed by atoms with Crippen molar-refractivity contribution in [1.29, 1.82) is 0 Å². The average Bonchev–Trinajstić information content (AvgIpc) is 2.91. The Morgan fingerprint density at radius 2 is 1.44 bits per heavy atom. The SMILES string of the molecule is C=C(C)C(=O)OCC(CCO)C1CCC(/C=C/C2CCC(C3CCC(CCCCC)CC3)CC2)CC1. The lowest BCUT2D eigenvalue weighted by Gasteiger charge is -2.37. The summed E-state index contributed by atoms with van der Waals surface area (Å²) in [5.41, 5.74) is 0.450. The van der Waals surface area contributed by atoms with E-state index in [2.05, 4.69) is 25.7 Å². The summed E-state index contributed by atoms with van der Waals surface area (Å²) in [5.74, 6) is 5.08. The van der Waals surface area contributed by atoms with Gasteiger partial charge in [-0.2, -0.15) is 0 Å². The van der Waals surface area contributed by atoms with Gasteiger partial charge in [0.25, 0.3) is 0 Å². The molecule has 0 saturated heterocycles. The van der Waals surface area contributed by atoms with Gasteiger partial charge in [0.15, 0.2) is 0 Å². The minimum Gasteiger partial charge on any atom is -0.462 e. The average molecular weight is 501 g/mol. The molecule has 1 unspecified atom stereocenters. The topological polar surface area (TPSA) is 46.5 Å². The van der Waals surface area contributed by atoms with Gasteiger partial charge >= 0.3 is 5.97 Å². The fourth-order valence-corrected chi connectivity index (χ4v) is 7.49. The highest BCUT2D eigenvalue weighted by Gasteiger charge is 2.31. The van der Waals surface area contributed by atoms with E-state index in [1.807, 2.05) is 0 Å². The van der Waals surface area contributed by atoms with Crippen molar-refractivity contribution in [3.8, 4) is 0 Å². The smallest absolute Gasteiger partial charge is 0.333 e. The number of rotatable bonds is 13. The van der Waals surface area contributed by atoms with Crippen LogP contribution >= 0.6 is 0 Å². The van der Waals surface area contributed by atoms with Gasteiger partial charge in [0.05, 0.1) is 6.61 Å². The third kappa shape index (κ3) is 9.66. The molecule has 3 fully saturated rings. The molecule has 0 amide bonds. The van der Waals surface area contributed by atoms with Gasteiger partial charge < -0.3 is 9.84 Å². The molecule has 0 aromatic heterocycles. The number of aliphatic hydroxyl groups is 1. The van der Waals surface area contributed by atoms with Crippen molar-refractivity contribution < 1.29 is 14.6 Å². The number of carbonyl (C=O) groups excluding carboxylic acids is 1. The van der Waals surface area contributed by atoms with E-state index in [9.17, 15) is 9.90 Å². The molecule has 0 heterocycles. The Morgan fingerprint density at radius 1 is 0.889 bits per heavy atom. The summed E-state index contributed by atoms with van der Waals surface area (Å²) in [7, 11) is 0. The maximum absolute atomic E-state index is 11.8. The second-order valence-electron chi connectivity index (χ2n) is 12.7. The standard InChI is InChI=1S/C33H56O3/c1-4-5-6-7-26-10-16-29(17-11-26)30-18-12-27(13-19-30)8-9-28-14-20-31(21-15-28)32(22-23-34)24-36-33(35)25(2)3/h8-9,26-32,34H,2,4-7,10-24H2,1,3H3/b9-8+. The molecule has 3 saturated carbocycles. The van der Waals surface area contributed by atoms with E-state index < -0.39 is 0 Å². The van der Waals surface area contributed by atoms with Crippen LogP contribution in [-0.4, -0.2) is 24.3 Å². The van der Waals surface area contributed by atoms with Gasteiger partial charge in [-0.1, -0.05) is 64.2 Å².